The summed E-state index contributed by atoms with van der Waals surface area (Å²) < 4.78 is 30.1. The van der Waals surface area contributed by atoms with Gasteiger partial charge in [-0.15, -0.1) is 0 Å². The Morgan fingerprint density at radius 1 is 1.31 bits per heavy atom. The van der Waals surface area contributed by atoms with E-state index in [-0.39, 0.29) is 11.8 Å². The molecule has 0 aromatic heterocycles. The number of esters is 1. The molecule has 6 heteroatoms. The van der Waals surface area contributed by atoms with Gasteiger partial charge in [-0.05, 0) is 12.8 Å². The highest BCUT2D eigenvalue weighted by Crippen LogP contribution is 2.46. The van der Waals surface area contributed by atoms with Gasteiger partial charge in [0.15, 0.2) is 0 Å². The summed E-state index contributed by atoms with van der Waals surface area (Å²) >= 11 is 0. The Labute approximate surface area is 91.3 Å². The van der Waals surface area contributed by atoms with Gasteiger partial charge in [-0.2, -0.15) is 0 Å². The Morgan fingerprint density at radius 2 is 1.88 bits per heavy atom. The quantitative estimate of drug-likeness (QED) is 0.735. The summed E-state index contributed by atoms with van der Waals surface area (Å²) in [5.74, 6) is -4.10. The van der Waals surface area contributed by atoms with Gasteiger partial charge in [0, 0.05) is 18.8 Å². The molecule has 90 valence electrons. The lowest BCUT2D eigenvalue weighted by molar-refractivity contribution is -0.182. The van der Waals surface area contributed by atoms with Gasteiger partial charge in [-0.25, -0.2) is 13.6 Å². The zero-order valence-electron chi connectivity index (χ0n) is 8.89. The minimum Gasteiger partial charge on any atom is -0.467 e. The first kappa shape index (κ1) is 11.3. The van der Waals surface area contributed by atoms with Crippen molar-refractivity contribution in [1.29, 1.82) is 0 Å². The minimum atomic E-state index is -2.88. The number of alkyl halides is 2. The fourth-order valence-corrected chi connectivity index (χ4v) is 1.99. The van der Waals surface area contributed by atoms with Crippen molar-refractivity contribution in [2.75, 3.05) is 7.11 Å². The van der Waals surface area contributed by atoms with Crippen LogP contribution in [0.2, 0.25) is 0 Å². The number of rotatable bonds is 3. The van der Waals surface area contributed by atoms with Crippen molar-refractivity contribution < 1.29 is 23.1 Å². The monoisotopic (exact) mass is 233 g/mol. The smallest absolute Gasteiger partial charge is 0.332 e. The molecule has 1 N–H and O–H groups in total. The zero-order chi connectivity index (χ0) is 12.0. The molecule has 0 aromatic rings. The topological polar surface area (TPSA) is 55.4 Å². The molecule has 0 heterocycles. The molecule has 16 heavy (non-hydrogen) atoms. The molecule has 4 nitrogen and oxygen atoms in total. The third kappa shape index (κ3) is 1.88. The van der Waals surface area contributed by atoms with Gasteiger partial charge >= 0.3 is 5.97 Å². The van der Waals surface area contributed by atoms with Crippen LogP contribution in [0.15, 0.2) is 0 Å². The van der Waals surface area contributed by atoms with Crippen LogP contribution in [-0.2, 0) is 14.3 Å². The lowest BCUT2D eigenvalue weighted by Crippen LogP contribution is -2.67. The molecule has 2 rings (SSSR count). The number of hydrogen-bond donors (Lipinski definition) is 1. The van der Waals surface area contributed by atoms with Crippen LogP contribution < -0.4 is 5.32 Å². The molecule has 2 fully saturated rings. The van der Waals surface area contributed by atoms with Crippen molar-refractivity contribution in [3.8, 4) is 0 Å². The molecule has 2 aliphatic carbocycles. The molecule has 1 amide bonds. The first-order valence-electron chi connectivity index (χ1n) is 5.17. The Morgan fingerprint density at radius 3 is 2.25 bits per heavy atom. The SMILES string of the molecule is COC(=O)C1(NC(=O)C2CC2)CC(F)(F)C1. The first-order valence-corrected chi connectivity index (χ1v) is 5.17. The number of amides is 1. The number of nitrogens with one attached hydrogen (secondary N) is 1. The molecule has 0 saturated heterocycles. The molecule has 0 spiro atoms. The van der Waals surface area contributed by atoms with Crippen LogP contribution in [0.1, 0.15) is 25.7 Å². The normalized spacial score (nSPS) is 25.4. The number of methoxy groups -OCH3 is 1. The highest BCUT2D eigenvalue weighted by molar-refractivity contribution is 5.91. The van der Waals surface area contributed by atoms with Gasteiger partial charge in [0.05, 0.1) is 7.11 Å². The summed E-state index contributed by atoms with van der Waals surface area (Å²) in [7, 11) is 1.13. The summed E-state index contributed by atoms with van der Waals surface area (Å²) in [6.45, 7) is 0. The van der Waals surface area contributed by atoms with E-state index in [1.54, 1.807) is 0 Å². The van der Waals surface area contributed by atoms with Crippen molar-refractivity contribution in [3.05, 3.63) is 0 Å². The van der Waals surface area contributed by atoms with Crippen LogP contribution in [0.25, 0.3) is 0 Å². The zero-order valence-corrected chi connectivity index (χ0v) is 8.89. The van der Waals surface area contributed by atoms with E-state index in [4.69, 9.17) is 0 Å². The van der Waals surface area contributed by atoms with Crippen LogP contribution >= 0.6 is 0 Å². The number of carbonyl (C=O) groups excluding carboxylic acids is 2. The maximum atomic E-state index is 12.8. The molecule has 0 atom stereocenters. The molecule has 0 aliphatic heterocycles. The van der Waals surface area contributed by atoms with E-state index >= 15 is 0 Å². The number of halogens is 2. The fraction of sp³-hybridized carbons (Fsp3) is 0.800. The van der Waals surface area contributed by atoms with Gasteiger partial charge in [0.25, 0.3) is 5.92 Å². The largest absolute Gasteiger partial charge is 0.467 e. The van der Waals surface area contributed by atoms with Crippen LogP contribution in [0.3, 0.4) is 0 Å². The van der Waals surface area contributed by atoms with Gasteiger partial charge in [0.2, 0.25) is 5.91 Å². The average Bonchev–Trinajstić information content (AvgIpc) is 2.95. The van der Waals surface area contributed by atoms with Gasteiger partial charge < -0.3 is 10.1 Å². The van der Waals surface area contributed by atoms with Crippen molar-refractivity contribution in [1.82, 2.24) is 5.32 Å². The third-order valence-corrected chi connectivity index (χ3v) is 3.01. The molecule has 0 aromatic carbocycles. The molecule has 2 aliphatic rings. The second-order valence-corrected chi connectivity index (χ2v) is 4.55. The highest BCUT2D eigenvalue weighted by Gasteiger charge is 2.63. The predicted octanol–water partition coefficient (Wildman–Crippen LogP) is 0.853. The van der Waals surface area contributed by atoms with E-state index in [0.717, 1.165) is 20.0 Å². The number of hydrogen-bond acceptors (Lipinski definition) is 3. The van der Waals surface area contributed by atoms with Crippen molar-refractivity contribution >= 4 is 11.9 Å². The van der Waals surface area contributed by atoms with Crippen LogP contribution in [0.4, 0.5) is 8.78 Å². The van der Waals surface area contributed by atoms with E-state index in [0.29, 0.717) is 0 Å². The lowest BCUT2D eigenvalue weighted by Gasteiger charge is -2.44. The molecule has 0 radical (unpaired) electrons. The maximum Gasteiger partial charge on any atom is 0.332 e. The van der Waals surface area contributed by atoms with E-state index in [2.05, 4.69) is 10.1 Å². The van der Waals surface area contributed by atoms with Gasteiger partial charge in [-0.1, -0.05) is 0 Å². The van der Waals surface area contributed by atoms with Gasteiger partial charge in [-0.3, -0.25) is 4.79 Å². The van der Waals surface area contributed by atoms with E-state index in [1.807, 2.05) is 0 Å². The lowest BCUT2D eigenvalue weighted by atomic mass is 9.73. The van der Waals surface area contributed by atoms with Crippen LogP contribution in [-0.4, -0.2) is 30.4 Å². The van der Waals surface area contributed by atoms with Gasteiger partial charge in [0.1, 0.15) is 5.54 Å². The Bertz CT molecular complexity index is 331. The Hall–Kier alpha value is -1.20. The van der Waals surface area contributed by atoms with Crippen molar-refractivity contribution in [3.63, 3.8) is 0 Å². The molecule has 0 bridgehead atoms. The predicted molar refractivity (Wildman–Crippen MR) is 49.8 cm³/mol. The highest BCUT2D eigenvalue weighted by atomic mass is 19.3. The number of carbonyl (C=O) groups is 2. The summed E-state index contributed by atoms with van der Waals surface area (Å²) in [6.07, 6.45) is 0.204. The molecular formula is C10H13F2NO3. The van der Waals surface area contributed by atoms with Crippen LogP contribution in [0, 0.1) is 5.92 Å². The summed E-state index contributed by atoms with van der Waals surface area (Å²) in [5.41, 5.74) is -1.50. The molecule has 2 saturated carbocycles. The third-order valence-electron chi connectivity index (χ3n) is 3.01. The second-order valence-electron chi connectivity index (χ2n) is 4.55. The van der Waals surface area contributed by atoms with E-state index < -0.39 is 30.3 Å². The van der Waals surface area contributed by atoms with E-state index in [9.17, 15) is 18.4 Å². The summed E-state index contributed by atoms with van der Waals surface area (Å²) in [6, 6.07) is 0. The summed E-state index contributed by atoms with van der Waals surface area (Å²) in [5, 5.41) is 2.40. The molecular weight excluding hydrogens is 220 g/mol. The van der Waals surface area contributed by atoms with Crippen LogP contribution in [0.5, 0.6) is 0 Å². The summed E-state index contributed by atoms with van der Waals surface area (Å²) in [4.78, 5) is 22.9. The Balaban J connectivity index is 2.04. The van der Waals surface area contributed by atoms with Crippen molar-refractivity contribution in [2.24, 2.45) is 5.92 Å². The van der Waals surface area contributed by atoms with Crippen molar-refractivity contribution in [2.45, 2.75) is 37.1 Å². The standard InChI is InChI=1S/C10H13F2NO3/c1-16-8(15)9(4-10(11,12)5-9)13-7(14)6-2-3-6/h6H,2-5H2,1H3,(H,13,14). The Kier molecular flexibility index (Phi) is 2.40. The first-order chi connectivity index (χ1) is 7.38. The minimum absolute atomic E-state index is 0.115. The average molecular weight is 233 g/mol. The van der Waals surface area contributed by atoms with E-state index in [1.165, 1.54) is 0 Å². The second kappa shape index (κ2) is 3.40. The molecule has 0 unspecified atom stereocenters. The maximum absolute atomic E-state index is 12.8. The fourth-order valence-electron chi connectivity index (χ4n) is 1.99. The number of ether oxygens (including phenoxy) is 1.